The summed E-state index contributed by atoms with van der Waals surface area (Å²) in [5.41, 5.74) is 11.2. The lowest BCUT2D eigenvalue weighted by atomic mass is 9.82. The van der Waals surface area contributed by atoms with Gasteiger partial charge in [0.05, 0.1) is 22.1 Å². The molecule has 0 N–H and O–H groups in total. The second-order valence-electron chi connectivity index (χ2n) is 14.9. The SMILES string of the molecule is CC1C(Sc2ccc(-c3ccc4c(c3)c3c5ccccc5ccc3n4-c3ccccc3)cc2)=CC=CC1c1cccc2c1c1ccccc1n2-c1ccccc1. The third-order valence-electron chi connectivity index (χ3n) is 11.8. The molecule has 266 valence electrons. The average Bonchev–Trinajstić information content (AvgIpc) is 3.78. The van der Waals surface area contributed by atoms with Gasteiger partial charge in [-0.05, 0) is 105 Å². The Labute approximate surface area is 330 Å². The maximum Gasteiger partial charge on any atom is 0.0547 e. The van der Waals surface area contributed by atoms with Gasteiger partial charge in [0.1, 0.15) is 0 Å². The molecule has 0 saturated heterocycles. The number of hydrogen-bond donors (Lipinski definition) is 0. The summed E-state index contributed by atoms with van der Waals surface area (Å²) in [6.45, 7) is 2.39. The zero-order valence-electron chi connectivity index (χ0n) is 31.0. The van der Waals surface area contributed by atoms with Crippen LogP contribution in [0, 0.1) is 5.92 Å². The molecule has 0 radical (unpaired) electrons. The van der Waals surface area contributed by atoms with Gasteiger partial charge in [-0.3, -0.25) is 0 Å². The Hall–Kier alpha value is -6.55. The highest BCUT2D eigenvalue weighted by molar-refractivity contribution is 8.03. The van der Waals surface area contributed by atoms with E-state index in [1.807, 2.05) is 11.8 Å². The van der Waals surface area contributed by atoms with Crippen LogP contribution in [0.15, 0.2) is 210 Å². The van der Waals surface area contributed by atoms with Gasteiger partial charge in [0.15, 0.2) is 0 Å². The lowest BCUT2D eigenvalue weighted by Gasteiger charge is -2.27. The Morgan fingerprint density at radius 1 is 0.464 bits per heavy atom. The first-order valence-corrected chi connectivity index (χ1v) is 20.3. The number of nitrogens with zero attached hydrogens (tertiary/aromatic N) is 2. The molecule has 3 heteroatoms. The number of allylic oxidation sites excluding steroid dienone is 4. The van der Waals surface area contributed by atoms with E-state index in [0.29, 0.717) is 5.92 Å². The van der Waals surface area contributed by atoms with E-state index >= 15 is 0 Å². The maximum atomic E-state index is 2.42. The summed E-state index contributed by atoms with van der Waals surface area (Å²) in [5, 5.41) is 7.78. The van der Waals surface area contributed by atoms with Crippen LogP contribution in [0.1, 0.15) is 18.4 Å². The summed E-state index contributed by atoms with van der Waals surface area (Å²) < 4.78 is 4.82. The molecular weight excluding hydrogens is 697 g/mol. The van der Waals surface area contributed by atoms with Gasteiger partial charge in [0.2, 0.25) is 0 Å². The number of benzene rings is 8. The highest BCUT2D eigenvalue weighted by Crippen LogP contribution is 2.46. The smallest absolute Gasteiger partial charge is 0.0547 e. The zero-order valence-corrected chi connectivity index (χ0v) is 31.8. The molecule has 0 bridgehead atoms. The molecule has 8 aromatic carbocycles. The second kappa shape index (κ2) is 13.3. The van der Waals surface area contributed by atoms with Crippen LogP contribution < -0.4 is 0 Å². The fraction of sp³-hybridized carbons (Fsp3) is 0.0566. The van der Waals surface area contributed by atoms with Crippen LogP contribution in [0.5, 0.6) is 0 Å². The molecule has 1 aliphatic rings. The van der Waals surface area contributed by atoms with E-state index in [1.54, 1.807) is 0 Å². The molecule has 2 atom stereocenters. The maximum absolute atomic E-state index is 2.42. The molecule has 11 rings (SSSR count). The molecule has 0 fully saturated rings. The number of rotatable bonds is 6. The predicted octanol–water partition coefficient (Wildman–Crippen LogP) is 14.7. The highest BCUT2D eigenvalue weighted by Gasteiger charge is 2.27. The molecule has 0 spiro atoms. The minimum atomic E-state index is 0.265. The summed E-state index contributed by atoms with van der Waals surface area (Å²) >= 11 is 1.89. The van der Waals surface area contributed by atoms with Crippen LogP contribution in [-0.4, -0.2) is 9.13 Å². The van der Waals surface area contributed by atoms with Crippen molar-refractivity contribution in [1.82, 2.24) is 9.13 Å². The van der Waals surface area contributed by atoms with Crippen molar-refractivity contribution in [2.75, 3.05) is 0 Å². The first-order chi connectivity index (χ1) is 27.7. The number of hydrogen-bond acceptors (Lipinski definition) is 1. The topological polar surface area (TPSA) is 9.86 Å². The fourth-order valence-corrected chi connectivity index (χ4v) is 10.1. The third kappa shape index (κ3) is 5.26. The van der Waals surface area contributed by atoms with Gasteiger partial charge in [0, 0.05) is 43.7 Å². The molecule has 2 heterocycles. The van der Waals surface area contributed by atoms with Gasteiger partial charge in [-0.1, -0.05) is 152 Å². The highest BCUT2D eigenvalue weighted by atomic mass is 32.2. The van der Waals surface area contributed by atoms with E-state index in [4.69, 9.17) is 0 Å². The molecule has 0 saturated carbocycles. The van der Waals surface area contributed by atoms with Crippen molar-refractivity contribution in [1.29, 1.82) is 0 Å². The van der Waals surface area contributed by atoms with E-state index in [0.717, 1.165) is 0 Å². The monoisotopic (exact) mass is 734 g/mol. The van der Waals surface area contributed by atoms with Crippen LogP contribution >= 0.6 is 11.8 Å². The van der Waals surface area contributed by atoms with Gasteiger partial charge in [0.25, 0.3) is 0 Å². The Morgan fingerprint density at radius 3 is 1.84 bits per heavy atom. The molecular formula is C53H38N2S. The van der Waals surface area contributed by atoms with E-state index in [2.05, 4.69) is 216 Å². The van der Waals surface area contributed by atoms with Crippen molar-refractivity contribution in [2.45, 2.75) is 17.7 Å². The van der Waals surface area contributed by atoms with Crippen molar-refractivity contribution in [3.8, 4) is 22.5 Å². The second-order valence-corrected chi connectivity index (χ2v) is 16.1. The Balaban J connectivity index is 0.924. The number of aromatic nitrogens is 2. The van der Waals surface area contributed by atoms with Crippen LogP contribution in [-0.2, 0) is 0 Å². The van der Waals surface area contributed by atoms with E-state index < -0.39 is 0 Å². The predicted molar refractivity (Wildman–Crippen MR) is 239 cm³/mol. The standard InChI is InChI=1S/C53H38N2S/c1-35-42(44-22-12-24-49-53(44)45-20-10-11-23-47(45)54(49)39-15-4-2-5-16-39)21-13-25-51(35)56-41-30-26-36(27-31-41)38-29-32-48-46(34-38)52-43-19-9-8-14-37(43)28-33-50(52)55(48)40-17-6-3-7-18-40/h2-35,42H,1H3. The van der Waals surface area contributed by atoms with Gasteiger partial charge in [-0.25, -0.2) is 0 Å². The molecule has 2 unspecified atom stereocenters. The van der Waals surface area contributed by atoms with Crippen LogP contribution in [0.4, 0.5) is 0 Å². The fourth-order valence-electron chi connectivity index (χ4n) is 9.12. The van der Waals surface area contributed by atoms with E-state index in [-0.39, 0.29) is 5.92 Å². The number of para-hydroxylation sites is 3. The Bertz CT molecular complexity index is 3170. The van der Waals surface area contributed by atoms with Crippen LogP contribution in [0.3, 0.4) is 0 Å². The number of thioether (sulfide) groups is 1. The molecule has 1 aliphatic carbocycles. The molecule has 10 aromatic rings. The summed E-state index contributed by atoms with van der Waals surface area (Å²) in [5.74, 6) is 0.592. The van der Waals surface area contributed by atoms with E-state index in [1.165, 1.54) is 92.2 Å². The van der Waals surface area contributed by atoms with Gasteiger partial charge >= 0.3 is 0 Å². The molecule has 56 heavy (non-hydrogen) atoms. The first-order valence-electron chi connectivity index (χ1n) is 19.5. The Kier molecular flexibility index (Phi) is 7.82. The minimum Gasteiger partial charge on any atom is -0.309 e. The lowest BCUT2D eigenvalue weighted by Crippen LogP contribution is -2.12. The van der Waals surface area contributed by atoms with Gasteiger partial charge < -0.3 is 9.13 Å². The molecule has 0 amide bonds. The van der Waals surface area contributed by atoms with Gasteiger partial charge in [-0.2, -0.15) is 0 Å². The summed E-state index contributed by atoms with van der Waals surface area (Å²) in [7, 11) is 0. The summed E-state index contributed by atoms with van der Waals surface area (Å²) in [4.78, 5) is 2.64. The quantitative estimate of drug-likeness (QED) is 0.165. The lowest BCUT2D eigenvalue weighted by molar-refractivity contribution is 0.629. The Morgan fingerprint density at radius 2 is 1.07 bits per heavy atom. The molecule has 2 aromatic heterocycles. The van der Waals surface area contributed by atoms with Crippen molar-refractivity contribution in [3.05, 3.63) is 211 Å². The normalized spacial score (nSPS) is 15.7. The van der Waals surface area contributed by atoms with Crippen molar-refractivity contribution < 1.29 is 0 Å². The van der Waals surface area contributed by atoms with Crippen molar-refractivity contribution in [3.63, 3.8) is 0 Å². The zero-order chi connectivity index (χ0) is 37.2. The summed E-state index contributed by atoms with van der Waals surface area (Å²) in [6.07, 6.45) is 6.98. The van der Waals surface area contributed by atoms with Gasteiger partial charge in [-0.15, -0.1) is 0 Å². The summed E-state index contributed by atoms with van der Waals surface area (Å²) in [6, 6.07) is 66.6. The van der Waals surface area contributed by atoms with Crippen molar-refractivity contribution in [2.24, 2.45) is 5.92 Å². The molecule has 0 aliphatic heterocycles. The largest absolute Gasteiger partial charge is 0.309 e. The minimum absolute atomic E-state index is 0.265. The first kappa shape index (κ1) is 32.8. The molecule has 2 nitrogen and oxygen atoms in total. The van der Waals surface area contributed by atoms with Crippen LogP contribution in [0.2, 0.25) is 0 Å². The van der Waals surface area contributed by atoms with Crippen LogP contribution in [0.25, 0.3) is 76.9 Å². The van der Waals surface area contributed by atoms with E-state index in [9.17, 15) is 0 Å². The third-order valence-corrected chi connectivity index (χ3v) is 13.0. The average molecular weight is 735 g/mol. The van der Waals surface area contributed by atoms with Crippen molar-refractivity contribution >= 4 is 66.1 Å². The number of fused-ring (bicyclic) bond motifs is 8.